The molecular formula is C17H21N7O3. The summed E-state index contributed by atoms with van der Waals surface area (Å²) in [5.41, 5.74) is 1.50. The molecule has 0 aliphatic carbocycles. The van der Waals surface area contributed by atoms with Gasteiger partial charge in [-0.1, -0.05) is 5.16 Å². The number of rotatable bonds is 7. The molecular weight excluding hydrogens is 350 g/mol. The van der Waals surface area contributed by atoms with Gasteiger partial charge in [-0.2, -0.15) is 10.1 Å². The number of hydrogen-bond acceptors (Lipinski definition) is 7. The molecule has 2 amide bonds. The summed E-state index contributed by atoms with van der Waals surface area (Å²) in [6, 6.07) is 6.43. The number of methoxy groups -OCH3 is 1. The van der Waals surface area contributed by atoms with Crippen LogP contribution in [-0.2, 0) is 11.2 Å². The molecule has 0 fully saturated rings. The molecule has 0 bridgehead atoms. The number of carbonyl (C=O) groups excluding carboxylic acids is 1. The Labute approximate surface area is 155 Å². The molecule has 1 atom stereocenters. The first-order valence-corrected chi connectivity index (χ1v) is 8.43. The van der Waals surface area contributed by atoms with Gasteiger partial charge in [0, 0.05) is 24.8 Å². The fraction of sp³-hybridized carbons (Fsp3) is 0.353. The van der Waals surface area contributed by atoms with Crippen molar-refractivity contribution < 1.29 is 14.1 Å². The molecule has 142 valence electrons. The maximum absolute atomic E-state index is 12.2. The normalized spacial score (nSPS) is 12.0. The Balaban J connectivity index is 1.54. The van der Waals surface area contributed by atoms with E-state index in [1.807, 2.05) is 19.1 Å². The molecule has 0 aliphatic heterocycles. The van der Waals surface area contributed by atoms with Gasteiger partial charge in [-0.3, -0.25) is 5.10 Å². The highest BCUT2D eigenvalue weighted by molar-refractivity contribution is 5.89. The van der Waals surface area contributed by atoms with Gasteiger partial charge < -0.3 is 19.9 Å². The van der Waals surface area contributed by atoms with Gasteiger partial charge in [-0.05, 0) is 38.1 Å². The zero-order chi connectivity index (χ0) is 19.2. The zero-order valence-corrected chi connectivity index (χ0v) is 15.3. The maximum Gasteiger partial charge on any atom is 0.319 e. The van der Waals surface area contributed by atoms with E-state index in [1.165, 1.54) is 0 Å². The average molecular weight is 371 g/mol. The molecule has 3 rings (SSSR count). The maximum atomic E-state index is 12.2. The number of nitrogens with one attached hydrogen (secondary N) is 3. The number of aromatic amines is 1. The number of carbonyl (C=O) groups is 1. The van der Waals surface area contributed by atoms with Gasteiger partial charge in [0.1, 0.15) is 11.9 Å². The van der Waals surface area contributed by atoms with E-state index >= 15 is 0 Å². The van der Waals surface area contributed by atoms with Crippen LogP contribution in [0.2, 0.25) is 0 Å². The van der Waals surface area contributed by atoms with Crippen molar-refractivity contribution in [1.82, 2.24) is 30.6 Å². The van der Waals surface area contributed by atoms with Crippen LogP contribution in [0, 0.1) is 6.92 Å². The third-order valence-corrected chi connectivity index (χ3v) is 3.73. The van der Waals surface area contributed by atoms with Crippen molar-refractivity contribution in [2.75, 3.05) is 19.0 Å². The minimum atomic E-state index is -0.427. The molecule has 27 heavy (non-hydrogen) atoms. The second kappa shape index (κ2) is 8.41. The summed E-state index contributed by atoms with van der Waals surface area (Å²) >= 11 is 0. The van der Waals surface area contributed by atoms with E-state index in [9.17, 15) is 4.79 Å². The number of urea groups is 1. The highest BCUT2D eigenvalue weighted by atomic mass is 16.5. The Bertz CT molecular complexity index is 888. The van der Waals surface area contributed by atoms with E-state index < -0.39 is 6.04 Å². The number of hydrogen-bond donors (Lipinski definition) is 3. The summed E-state index contributed by atoms with van der Waals surface area (Å²) in [4.78, 5) is 20.7. The van der Waals surface area contributed by atoms with E-state index in [0.29, 0.717) is 36.3 Å². The fourth-order valence-electron chi connectivity index (χ4n) is 2.34. The Kier molecular flexibility index (Phi) is 5.77. The van der Waals surface area contributed by atoms with Crippen LogP contribution in [0.3, 0.4) is 0 Å². The third-order valence-electron chi connectivity index (χ3n) is 3.73. The van der Waals surface area contributed by atoms with Gasteiger partial charge in [0.05, 0.1) is 6.61 Å². The van der Waals surface area contributed by atoms with E-state index in [4.69, 9.17) is 9.26 Å². The van der Waals surface area contributed by atoms with E-state index in [1.54, 1.807) is 26.2 Å². The number of amides is 2. The third kappa shape index (κ3) is 4.88. The lowest BCUT2D eigenvalue weighted by atomic mass is 10.2. The van der Waals surface area contributed by atoms with Gasteiger partial charge in [-0.15, -0.1) is 0 Å². The molecule has 2 aromatic heterocycles. The fourth-order valence-corrected chi connectivity index (χ4v) is 2.34. The molecule has 2 heterocycles. The van der Waals surface area contributed by atoms with Crippen molar-refractivity contribution in [3.05, 3.63) is 41.8 Å². The minimum Gasteiger partial charge on any atom is -0.384 e. The number of nitrogens with zero attached hydrogens (tertiary/aromatic N) is 4. The monoisotopic (exact) mass is 371 g/mol. The molecule has 0 radical (unpaired) electrons. The Morgan fingerprint density at radius 2 is 2.07 bits per heavy atom. The van der Waals surface area contributed by atoms with Crippen molar-refractivity contribution in [2.45, 2.75) is 26.3 Å². The lowest BCUT2D eigenvalue weighted by Gasteiger charge is -2.11. The van der Waals surface area contributed by atoms with Crippen molar-refractivity contribution in [2.24, 2.45) is 0 Å². The van der Waals surface area contributed by atoms with Crippen LogP contribution in [0.4, 0.5) is 10.5 Å². The second-order valence-corrected chi connectivity index (χ2v) is 5.93. The largest absolute Gasteiger partial charge is 0.384 e. The van der Waals surface area contributed by atoms with Crippen LogP contribution in [-0.4, -0.2) is 45.1 Å². The number of anilines is 1. The first-order chi connectivity index (χ1) is 13.0. The summed E-state index contributed by atoms with van der Waals surface area (Å²) in [5, 5.41) is 16.3. The molecule has 0 saturated heterocycles. The SMILES string of the molecule is COCCc1noc(C(C)NC(=O)Nc2ccc(-c3n[nH]c(C)n3)cc2)n1. The summed E-state index contributed by atoms with van der Waals surface area (Å²) in [6.07, 6.45) is 0.551. The van der Waals surface area contributed by atoms with E-state index in [2.05, 4.69) is 36.0 Å². The van der Waals surface area contributed by atoms with Crippen LogP contribution < -0.4 is 10.6 Å². The molecule has 0 saturated carbocycles. The zero-order valence-electron chi connectivity index (χ0n) is 15.3. The highest BCUT2D eigenvalue weighted by Crippen LogP contribution is 2.18. The van der Waals surface area contributed by atoms with Gasteiger partial charge >= 0.3 is 6.03 Å². The van der Waals surface area contributed by atoms with Crippen LogP contribution in [0.5, 0.6) is 0 Å². The van der Waals surface area contributed by atoms with Gasteiger partial charge in [-0.25, -0.2) is 9.78 Å². The summed E-state index contributed by atoms with van der Waals surface area (Å²) in [7, 11) is 1.61. The molecule has 3 aromatic rings. The Hall–Kier alpha value is -3.27. The number of H-pyrrole nitrogens is 1. The molecule has 0 aliphatic rings. The predicted octanol–water partition coefficient (Wildman–Crippen LogP) is 2.23. The standard InChI is InChI=1S/C17H21N7O3/c1-10(16-21-14(24-27-16)8-9-26-3)18-17(25)20-13-6-4-12(5-7-13)15-19-11(2)22-23-15/h4-7,10H,8-9H2,1-3H3,(H2,18,20,25)(H,19,22,23). The Morgan fingerprint density at radius 3 is 2.74 bits per heavy atom. The van der Waals surface area contributed by atoms with Crippen molar-refractivity contribution in [1.29, 1.82) is 0 Å². The predicted molar refractivity (Wildman–Crippen MR) is 97.0 cm³/mol. The summed E-state index contributed by atoms with van der Waals surface area (Å²) < 4.78 is 10.1. The second-order valence-electron chi connectivity index (χ2n) is 5.93. The van der Waals surface area contributed by atoms with Crippen molar-refractivity contribution in [3.63, 3.8) is 0 Å². The van der Waals surface area contributed by atoms with Crippen molar-refractivity contribution >= 4 is 11.7 Å². The van der Waals surface area contributed by atoms with Gasteiger partial charge in [0.25, 0.3) is 0 Å². The van der Waals surface area contributed by atoms with E-state index in [-0.39, 0.29) is 6.03 Å². The minimum absolute atomic E-state index is 0.339. The highest BCUT2D eigenvalue weighted by Gasteiger charge is 2.16. The lowest BCUT2D eigenvalue weighted by Crippen LogP contribution is -2.31. The molecule has 1 unspecified atom stereocenters. The molecule has 3 N–H and O–H groups in total. The number of ether oxygens (including phenoxy) is 1. The number of benzene rings is 1. The topological polar surface area (TPSA) is 131 Å². The first kappa shape index (κ1) is 18.5. The molecule has 10 heteroatoms. The van der Waals surface area contributed by atoms with Crippen molar-refractivity contribution in [3.8, 4) is 11.4 Å². The van der Waals surface area contributed by atoms with Crippen LogP contribution in [0.25, 0.3) is 11.4 Å². The number of aryl methyl sites for hydroxylation is 1. The average Bonchev–Trinajstić information content (AvgIpc) is 3.29. The quantitative estimate of drug-likeness (QED) is 0.580. The van der Waals surface area contributed by atoms with Crippen LogP contribution >= 0.6 is 0 Å². The Morgan fingerprint density at radius 1 is 1.30 bits per heavy atom. The van der Waals surface area contributed by atoms with Crippen LogP contribution in [0.15, 0.2) is 28.8 Å². The lowest BCUT2D eigenvalue weighted by molar-refractivity contribution is 0.199. The van der Waals surface area contributed by atoms with Gasteiger partial charge in [0.15, 0.2) is 11.6 Å². The molecule has 1 aromatic carbocycles. The summed E-state index contributed by atoms with van der Waals surface area (Å²) in [5.74, 6) is 2.23. The first-order valence-electron chi connectivity index (χ1n) is 8.43. The van der Waals surface area contributed by atoms with Crippen LogP contribution in [0.1, 0.15) is 30.5 Å². The van der Waals surface area contributed by atoms with E-state index in [0.717, 1.165) is 11.4 Å². The van der Waals surface area contributed by atoms with Gasteiger partial charge in [0.2, 0.25) is 5.89 Å². The molecule has 0 spiro atoms. The number of aromatic nitrogens is 5. The smallest absolute Gasteiger partial charge is 0.319 e. The molecule has 10 nitrogen and oxygen atoms in total. The summed E-state index contributed by atoms with van der Waals surface area (Å²) in [6.45, 7) is 4.11.